The smallest absolute Gasteiger partial charge is 0.125 e. The lowest BCUT2D eigenvalue weighted by atomic mass is 10.1. The first kappa shape index (κ1) is 14.3. The summed E-state index contributed by atoms with van der Waals surface area (Å²) >= 11 is 0. The number of aliphatic hydroxyl groups is 1. The van der Waals surface area contributed by atoms with Gasteiger partial charge in [-0.25, -0.2) is 0 Å². The highest BCUT2D eigenvalue weighted by molar-refractivity contribution is 5.34. The minimum atomic E-state index is -0.486. The average Bonchev–Trinajstić information content (AvgIpc) is 2.41. The number of piperazine rings is 1. The van der Waals surface area contributed by atoms with E-state index >= 15 is 0 Å². The van der Waals surface area contributed by atoms with Gasteiger partial charge in [-0.1, -0.05) is 18.2 Å². The van der Waals surface area contributed by atoms with Gasteiger partial charge in [-0.3, -0.25) is 4.90 Å². The quantitative estimate of drug-likeness (QED) is 0.871. The van der Waals surface area contributed by atoms with Crippen LogP contribution in [0, 0.1) is 0 Å². The van der Waals surface area contributed by atoms with Crippen molar-refractivity contribution in [2.24, 2.45) is 0 Å². The summed E-state index contributed by atoms with van der Waals surface area (Å²) in [6.45, 7) is 7.86. The fourth-order valence-electron chi connectivity index (χ4n) is 2.31. The molecular weight excluding hydrogens is 240 g/mol. The summed E-state index contributed by atoms with van der Waals surface area (Å²) in [7, 11) is 2.16. The van der Waals surface area contributed by atoms with Crippen LogP contribution in [0.2, 0.25) is 0 Å². The zero-order chi connectivity index (χ0) is 13.7. The van der Waals surface area contributed by atoms with Crippen molar-refractivity contribution >= 4 is 0 Å². The molecule has 0 saturated carbocycles. The van der Waals surface area contributed by atoms with Crippen molar-refractivity contribution in [1.29, 1.82) is 0 Å². The summed E-state index contributed by atoms with van der Waals surface area (Å²) < 4.78 is 5.81. The third kappa shape index (κ3) is 4.20. The van der Waals surface area contributed by atoms with Gasteiger partial charge in [0.15, 0.2) is 0 Å². The predicted octanol–water partition coefficient (Wildman–Crippen LogP) is 1.37. The van der Waals surface area contributed by atoms with Gasteiger partial charge in [0.1, 0.15) is 12.4 Å². The van der Waals surface area contributed by atoms with E-state index in [1.165, 1.54) is 0 Å². The minimum absolute atomic E-state index is 0.486. The second-order valence-electron chi connectivity index (χ2n) is 5.21. The van der Waals surface area contributed by atoms with Gasteiger partial charge in [0.25, 0.3) is 0 Å². The highest BCUT2D eigenvalue weighted by atomic mass is 16.5. The summed E-state index contributed by atoms with van der Waals surface area (Å²) in [5, 5.41) is 9.69. The number of rotatable bonds is 5. The number of para-hydroxylation sites is 1. The van der Waals surface area contributed by atoms with Crippen molar-refractivity contribution in [3.8, 4) is 5.75 Å². The van der Waals surface area contributed by atoms with Gasteiger partial charge in [0, 0.05) is 38.3 Å². The Hall–Kier alpha value is -1.10. The van der Waals surface area contributed by atoms with Crippen LogP contribution in [0.15, 0.2) is 24.3 Å². The Morgan fingerprint density at radius 3 is 2.58 bits per heavy atom. The topological polar surface area (TPSA) is 35.9 Å². The third-order valence-electron chi connectivity index (χ3n) is 3.63. The number of aliphatic hydroxyl groups excluding tert-OH is 1. The first-order valence-electron chi connectivity index (χ1n) is 6.97. The van der Waals surface area contributed by atoms with E-state index in [0.717, 1.165) is 44.0 Å². The van der Waals surface area contributed by atoms with Crippen molar-refractivity contribution < 1.29 is 9.84 Å². The Kier molecular flexibility index (Phi) is 5.19. The molecule has 1 aliphatic heterocycles. The fraction of sp³-hybridized carbons (Fsp3) is 0.600. The van der Waals surface area contributed by atoms with Gasteiger partial charge >= 0.3 is 0 Å². The number of hydrogen-bond acceptors (Lipinski definition) is 4. The molecule has 0 amide bonds. The SMILES string of the molecule is CC(O)c1ccccc1OCCN1CCN(C)CC1. The number of likely N-dealkylation sites (N-methyl/N-ethyl adjacent to an activating group) is 1. The van der Waals surface area contributed by atoms with Gasteiger partial charge in [-0.15, -0.1) is 0 Å². The monoisotopic (exact) mass is 264 g/mol. The minimum Gasteiger partial charge on any atom is -0.492 e. The number of benzene rings is 1. The lowest BCUT2D eigenvalue weighted by Gasteiger charge is -2.32. The molecule has 4 heteroatoms. The van der Waals surface area contributed by atoms with Crippen molar-refractivity contribution in [2.75, 3.05) is 46.4 Å². The maximum Gasteiger partial charge on any atom is 0.125 e. The van der Waals surface area contributed by atoms with Gasteiger partial charge in [-0.05, 0) is 20.0 Å². The van der Waals surface area contributed by atoms with Gasteiger partial charge in [0.05, 0.1) is 6.10 Å². The summed E-state index contributed by atoms with van der Waals surface area (Å²) in [4.78, 5) is 4.77. The number of nitrogens with zero attached hydrogens (tertiary/aromatic N) is 2. The van der Waals surface area contributed by atoms with Crippen molar-refractivity contribution in [1.82, 2.24) is 9.80 Å². The molecule has 106 valence electrons. The lowest BCUT2D eigenvalue weighted by molar-refractivity contribution is 0.131. The van der Waals surface area contributed by atoms with Crippen LogP contribution in [-0.4, -0.2) is 61.3 Å². The molecule has 2 rings (SSSR count). The Bertz CT molecular complexity index is 387. The molecule has 1 aromatic rings. The molecule has 1 N–H and O–H groups in total. The Labute approximate surface area is 115 Å². The highest BCUT2D eigenvalue weighted by Gasteiger charge is 2.14. The normalized spacial score (nSPS) is 19.3. The van der Waals surface area contributed by atoms with E-state index in [2.05, 4.69) is 16.8 Å². The molecule has 0 bridgehead atoms. The van der Waals surface area contributed by atoms with Crippen molar-refractivity contribution in [3.63, 3.8) is 0 Å². The Morgan fingerprint density at radius 2 is 1.89 bits per heavy atom. The molecule has 4 nitrogen and oxygen atoms in total. The van der Waals surface area contributed by atoms with E-state index in [1.54, 1.807) is 6.92 Å². The maximum absolute atomic E-state index is 9.69. The average molecular weight is 264 g/mol. The lowest BCUT2D eigenvalue weighted by Crippen LogP contribution is -2.45. The van der Waals surface area contributed by atoms with Gasteiger partial charge in [0.2, 0.25) is 0 Å². The maximum atomic E-state index is 9.69. The molecule has 0 spiro atoms. The zero-order valence-corrected chi connectivity index (χ0v) is 11.9. The van der Waals surface area contributed by atoms with E-state index in [4.69, 9.17) is 4.74 Å². The van der Waals surface area contributed by atoms with Gasteiger partial charge < -0.3 is 14.7 Å². The fourth-order valence-corrected chi connectivity index (χ4v) is 2.31. The second-order valence-corrected chi connectivity index (χ2v) is 5.21. The second kappa shape index (κ2) is 6.89. The zero-order valence-electron chi connectivity index (χ0n) is 11.9. The van der Waals surface area contributed by atoms with Crippen LogP contribution < -0.4 is 4.74 Å². The molecule has 0 radical (unpaired) electrons. The van der Waals surface area contributed by atoms with E-state index in [-0.39, 0.29) is 0 Å². The van der Waals surface area contributed by atoms with Gasteiger partial charge in [-0.2, -0.15) is 0 Å². The van der Waals surface area contributed by atoms with Crippen molar-refractivity contribution in [3.05, 3.63) is 29.8 Å². The molecule has 1 fully saturated rings. The van der Waals surface area contributed by atoms with Crippen LogP contribution in [0.4, 0.5) is 0 Å². The number of ether oxygens (including phenoxy) is 1. The standard InChI is InChI=1S/C15H24N2O2/c1-13(18)14-5-3-4-6-15(14)19-12-11-17-9-7-16(2)8-10-17/h3-6,13,18H,7-12H2,1-2H3. The molecule has 1 unspecified atom stereocenters. The molecule has 1 atom stereocenters. The van der Waals surface area contributed by atoms with Crippen LogP contribution in [0.1, 0.15) is 18.6 Å². The summed E-state index contributed by atoms with van der Waals surface area (Å²) in [5.41, 5.74) is 0.862. The molecule has 19 heavy (non-hydrogen) atoms. The Balaban J connectivity index is 1.79. The predicted molar refractivity (Wildman–Crippen MR) is 76.5 cm³/mol. The van der Waals surface area contributed by atoms with Crippen LogP contribution >= 0.6 is 0 Å². The molecular formula is C15H24N2O2. The first-order chi connectivity index (χ1) is 9.16. The van der Waals surface area contributed by atoms with Crippen molar-refractivity contribution in [2.45, 2.75) is 13.0 Å². The van der Waals surface area contributed by atoms with E-state index in [0.29, 0.717) is 6.61 Å². The largest absolute Gasteiger partial charge is 0.492 e. The summed E-state index contributed by atoms with van der Waals surface area (Å²) in [6, 6.07) is 7.70. The number of hydrogen-bond donors (Lipinski definition) is 1. The molecule has 0 aromatic heterocycles. The highest BCUT2D eigenvalue weighted by Crippen LogP contribution is 2.24. The molecule has 1 heterocycles. The van der Waals surface area contributed by atoms with E-state index < -0.39 is 6.10 Å². The van der Waals surface area contributed by atoms with Crippen LogP contribution in [-0.2, 0) is 0 Å². The van der Waals surface area contributed by atoms with Crippen LogP contribution in [0.5, 0.6) is 5.75 Å². The summed E-state index contributed by atoms with van der Waals surface area (Å²) in [6.07, 6.45) is -0.486. The summed E-state index contributed by atoms with van der Waals surface area (Å²) in [5.74, 6) is 0.798. The molecule has 1 saturated heterocycles. The molecule has 0 aliphatic carbocycles. The molecule has 1 aliphatic rings. The van der Waals surface area contributed by atoms with Crippen LogP contribution in [0.25, 0.3) is 0 Å². The van der Waals surface area contributed by atoms with Crippen LogP contribution in [0.3, 0.4) is 0 Å². The molecule has 1 aromatic carbocycles. The first-order valence-corrected chi connectivity index (χ1v) is 6.97. The van der Waals surface area contributed by atoms with E-state index in [1.807, 2.05) is 24.3 Å². The van der Waals surface area contributed by atoms with E-state index in [9.17, 15) is 5.11 Å². The third-order valence-corrected chi connectivity index (χ3v) is 3.63. The Morgan fingerprint density at radius 1 is 1.21 bits per heavy atom.